The first kappa shape index (κ1) is 21.3. The smallest absolute Gasteiger partial charge is 0.276 e. The number of hydrogen-bond donors (Lipinski definition) is 0. The summed E-state index contributed by atoms with van der Waals surface area (Å²) in [4.78, 5) is 16.8. The van der Waals surface area contributed by atoms with E-state index < -0.39 is 0 Å². The van der Waals surface area contributed by atoms with E-state index >= 15 is 0 Å². The van der Waals surface area contributed by atoms with Gasteiger partial charge in [-0.2, -0.15) is 0 Å². The van der Waals surface area contributed by atoms with Gasteiger partial charge in [0, 0.05) is 26.2 Å². The average molecular weight is 400 g/mol. The predicted molar refractivity (Wildman–Crippen MR) is 113 cm³/mol. The van der Waals surface area contributed by atoms with Crippen molar-refractivity contribution in [2.45, 2.75) is 53.1 Å². The van der Waals surface area contributed by atoms with Crippen LogP contribution in [0.4, 0.5) is 0 Å². The fourth-order valence-corrected chi connectivity index (χ4v) is 4.10. The number of rotatable bonds is 7. The van der Waals surface area contributed by atoms with Crippen LogP contribution in [0, 0.1) is 13.8 Å². The number of nitrogens with zero attached hydrogens (tertiary/aromatic N) is 5. The Morgan fingerprint density at radius 3 is 2.69 bits per heavy atom. The summed E-state index contributed by atoms with van der Waals surface area (Å²) < 4.78 is 7.32. The first-order valence-electron chi connectivity index (χ1n) is 10.5. The first-order valence-corrected chi connectivity index (χ1v) is 10.5. The van der Waals surface area contributed by atoms with Gasteiger partial charge in [-0.05, 0) is 69.8 Å². The number of carbonyl (C=O) groups is 1. The molecular weight excluding hydrogens is 366 g/mol. The van der Waals surface area contributed by atoms with Gasteiger partial charge in [0.15, 0.2) is 5.69 Å². The highest BCUT2D eigenvalue weighted by molar-refractivity contribution is 5.91. The number of carbonyl (C=O) groups excluding carboxylic acids is 1. The van der Waals surface area contributed by atoms with E-state index in [4.69, 9.17) is 4.74 Å². The Hall–Kier alpha value is -2.41. The number of aryl methyl sites for hydroxylation is 2. The summed E-state index contributed by atoms with van der Waals surface area (Å²) in [6.07, 6.45) is 3.98. The monoisotopic (exact) mass is 399 g/mol. The van der Waals surface area contributed by atoms with Gasteiger partial charge in [-0.3, -0.25) is 9.69 Å². The Labute approximate surface area is 173 Å². The third-order valence-electron chi connectivity index (χ3n) is 5.88. The molecule has 0 radical (unpaired) electrons. The second-order valence-electron chi connectivity index (χ2n) is 7.84. The van der Waals surface area contributed by atoms with E-state index in [2.05, 4.69) is 41.2 Å². The molecule has 29 heavy (non-hydrogen) atoms. The molecule has 2 aromatic rings. The minimum atomic E-state index is -0.0433. The van der Waals surface area contributed by atoms with Gasteiger partial charge in [0.1, 0.15) is 5.75 Å². The molecule has 0 N–H and O–H groups in total. The summed E-state index contributed by atoms with van der Waals surface area (Å²) in [5, 5.41) is 8.44. The number of likely N-dealkylation sites (tertiary alicyclic amines) is 1. The normalized spacial score (nSPS) is 17.3. The lowest BCUT2D eigenvalue weighted by atomic mass is 10.0. The van der Waals surface area contributed by atoms with Crippen molar-refractivity contribution in [2.75, 3.05) is 33.3 Å². The lowest BCUT2D eigenvalue weighted by Gasteiger charge is -2.33. The van der Waals surface area contributed by atoms with Crippen molar-refractivity contribution in [3.63, 3.8) is 0 Å². The highest BCUT2D eigenvalue weighted by atomic mass is 16.5. The minimum Gasteiger partial charge on any atom is -0.496 e. The van der Waals surface area contributed by atoms with E-state index in [1.807, 2.05) is 24.7 Å². The van der Waals surface area contributed by atoms with Crippen molar-refractivity contribution in [1.82, 2.24) is 24.8 Å². The Morgan fingerprint density at radius 2 is 2.00 bits per heavy atom. The fourth-order valence-electron chi connectivity index (χ4n) is 4.10. The van der Waals surface area contributed by atoms with Crippen LogP contribution in [-0.4, -0.2) is 64.0 Å². The Kier molecular flexibility index (Phi) is 6.90. The van der Waals surface area contributed by atoms with E-state index in [1.165, 1.54) is 11.1 Å². The highest BCUT2D eigenvalue weighted by Crippen LogP contribution is 2.26. The minimum absolute atomic E-state index is 0.0433. The SMILES string of the molecule is CCN(CC)C(=O)c1cn([C@@H]2CCCN(Cc3cc(C)c(OC)cc3C)C2)nn1. The second-order valence-corrected chi connectivity index (χ2v) is 7.84. The van der Waals surface area contributed by atoms with Gasteiger partial charge in [0.05, 0.1) is 19.3 Å². The maximum Gasteiger partial charge on any atom is 0.276 e. The van der Waals surface area contributed by atoms with Gasteiger partial charge in [-0.25, -0.2) is 4.68 Å². The molecule has 0 bridgehead atoms. The molecule has 7 heteroatoms. The molecule has 1 aliphatic rings. The van der Waals surface area contributed by atoms with Crippen LogP contribution in [0.2, 0.25) is 0 Å². The molecule has 1 saturated heterocycles. The van der Waals surface area contributed by atoms with Crippen molar-refractivity contribution < 1.29 is 9.53 Å². The Morgan fingerprint density at radius 1 is 1.24 bits per heavy atom. The number of amides is 1. The number of piperidine rings is 1. The van der Waals surface area contributed by atoms with Crippen LogP contribution in [-0.2, 0) is 6.54 Å². The van der Waals surface area contributed by atoms with Gasteiger partial charge in [-0.15, -0.1) is 5.10 Å². The van der Waals surface area contributed by atoms with Crippen molar-refractivity contribution >= 4 is 5.91 Å². The van der Waals surface area contributed by atoms with Crippen LogP contribution in [0.15, 0.2) is 18.3 Å². The average Bonchev–Trinajstić information content (AvgIpc) is 3.22. The molecule has 1 atom stereocenters. The Balaban J connectivity index is 1.69. The van der Waals surface area contributed by atoms with Crippen molar-refractivity contribution in [1.29, 1.82) is 0 Å². The summed E-state index contributed by atoms with van der Waals surface area (Å²) in [6, 6.07) is 4.59. The van der Waals surface area contributed by atoms with E-state index in [9.17, 15) is 4.79 Å². The number of benzene rings is 1. The maximum atomic E-state index is 12.5. The van der Waals surface area contributed by atoms with Crippen LogP contribution in [0.1, 0.15) is 59.9 Å². The van der Waals surface area contributed by atoms with Gasteiger partial charge < -0.3 is 9.64 Å². The number of ether oxygens (including phenoxy) is 1. The largest absolute Gasteiger partial charge is 0.496 e. The van der Waals surface area contributed by atoms with E-state index in [0.717, 1.165) is 43.8 Å². The van der Waals surface area contributed by atoms with Gasteiger partial charge >= 0.3 is 0 Å². The standard InChI is InChI=1S/C22H33N5O2/c1-6-26(7-2)22(28)20-15-27(24-23-20)19-9-8-10-25(14-19)13-18-11-17(4)21(29-5)12-16(18)3/h11-12,15,19H,6-10,13-14H2,1-5H3/t19-/m1/s1. The van der Waals surface area contributed by atoms with E-state index in [-0.39, 0.29) is 11.9 Å². The zero-order valence-corrected chi connectivity index (χ0v) is 18.3. The topological polar surface area (TPSA) is 63.5 Å². The van der Waals surface area contributed by atoms with Crippen molar-refractivity contribution in [3.05, 3.63) is 40.7 Å². The van der Waals surface area contributed by atoms with Gasteiger partial charge in [0.25, 0.3) is 5.91 Å². The predicted octanol–water partition coefficient (Wildman–Crippen LogP) is 3.22. The third-order valence-corrected chi connectivity index (χ3v) is 5.88. The number of methoxy groups -OCH3 is 1. The Bertz CT molecular complexity index is 844. The maximum absolute atomic E-state index is 12.5. The highest BCUT2D eigenvalue weighted by Gasteiger charge is 2.25. The molecule has 2 heterocycles. The van der Waals surface area contributed by atoms with Gasteiger partial charge in [-0.1, -0.05) is 11.3 Å². The molecule has 0 spiro atoms. The quantitative estimate of drug-likeness (QED) is 0.715. The van der Waals surface area contributed by atoms with Crippen LogP contribution in [0.3, 0.4) is 0 Å². The zero-order chi connectivity index (χ0) is 21.0. The third kappa shape index (κ3) is 4.78. The molecule has 0 unspecified atom stereocenters. The van der Waals surface area contributed by atoms with Crippen molar-refractivity contribution in [2.24, 2.45) is 0 Å². The zero-order valence-electron chi connectivity index (χ0n) is 18.3. The second kappa shape index (κ2) is 9.39. The molecule has 7 nitrogen and oxygen atoms in total. The van der Waals surface area contributed by atoms with E-state index in [1.54, 1.807) is 12.0 Å². The molecule has 158 valence electrons. The summed E-state index contributed by atoms with van der Waals surface area (Å²) >= 11 is 0. The lowest BCUT2D eigenvalue weighted by molar-refractivity contribution is 0.0767. The van der Waals surface area contributed by atoms with Gasteiger partial charge in [0.2, 0.25) is 0 Å². The van der Waals surface area contributed by atoms with Crippen LogP contribution < -0.4 is 4.74 Å². The molecule has 0 saturated carbocycles. The molecule has 3 rings (SSSR count). The summed E-state index contributed by atoms with van der Waals surface area (Å²) in [5.41, 5.74) is 4.19. The molecule has 1 aromatic carbocycles. The molecular formula is C22H33N5O2. The summed E-state index contributed by atoms with van der Waals surface area (Å²) in [5.74, 6) is 0.897. The van der Waals surface area contributed by atoms with Crippen LogP contribution >= 0.6 is 0 Å². The van der Waals surface area contributed by atoms with E-state index in [0.29, 0.717) is 18.8 Å². The number of aromatic nitrogens is 3. The molecule has 0 aliphatic carbocycles. The lowest BCUT2D eigenvalue weighted by Crippen LogP contribution is -2.36. The molecule has 1 aromatic heterocycles. The van der Waals surface area contributed by atoms with Crippen LogP contribution in [0.5, 0.6) is 5.75 Å². The van der Waals surface area contributed by atoms with Crippen LogP contribution in [0.25, 0.3) is 0 Å². The summed E-state index contributed by atoms with van der Waals surface area (Å²) in [7, 11) is 1.72. The summed E-state index contributed by atoms with van der Waals surface area (Å²) in [6.45, 7) is 12.4. The fraction of sp³-hybridized carbons (Fsp3) is 0.591. The molecule has 1 fully saturated rings. The molecule has 1 aliphatic heterocycles. The number of hydrogen-bond acceptors (Lipinski definition) is 5. The van der Waals surface area contributed by atoms with Crippen molar-refractivity contribution in [3.8, 4) is 5.75 Å². The first-order chi connectivity index (χ1) is 14.0. The molecule has 1 amide bonds.